The van der Waals surface area contributed by atoms with Gasteiger partial charge in [0.25, 0.3) is 0 Å². The van der Waals surface area contributed by atoms with Gasteiger partial charge < -0.3 is 14.6 Å². The van der Waals surface area contributed by atoms with E-state index in [4.69, 9.17) is 26.2 Å². The maximum absolute atomic E-state index is 9.11. The summed E-state index contributed by atoms with van der Waals surface area (Å²) in [7, 11) is 0. The zero-order valence-electron chi connectivity index (χ0n) is 17.0. The summed E-state index contributed by atoms with van der Waals surface area (Å²) < 4.78 is 11.9. The Morgan fingerprint density at radius 1 is 1.18 bits per heavy atom. The largest absolute Gasteiger partial charge is 0.488 e. The number of rotatable bonds is 7. The molecular formula is C24H31ClO3. The van der Waals surface area contributed by atoms with Crippen LogP contribution in [0.2, 0.25) is 5.02 Å². The number of halogens is 1. The summed E-state index contributed by atoms with van der Waals surface area (Å²) in [6.07, 6.45) is 4.33. The van der Waals surface area contributed by atoms with Gasteiger partial charge in [0.15, 0.2) is 0 Å². The lowest BCUT2D eigenvalue weighted by Crippen LogP contribution is -2.26. The molecule has 1 saturated heterocycles. The minimum absolute atomic E-state index is 0.00486. The van der Waals surface area contributed by atoms with Crippen molar-refractivity contribution in [1.29, 1.82) is 0 Å². The molecule has 2 aromatic rings. The molecule has 1 fully saturated rings. The number of aliphatic hydroxyl groups is 1. The van der Waals surface area contributed by atoms with Gasteiger partial charge in [-0.1, -0.05) is 49.7 Å². The van der Waals surface area contributed by atoms with Crippen LogP contribution in [0.4, 0.5) is 0 Å². The highest BCUT2D eigenvalue weighted by Gasteiger charge is 2.27. The van der Waals surface area contributed by atoms with Gasteiger partial charge in [-0.3, -0.25) is 0 Å². The maximum Gasteiger partial charge on any atom is 0.119 e. The second-order valence-electron chi connectivity index (χ2n) is 8.01. The van der Waals surface area contributed by atoms with Gasteiger partial charge in [0.05, 0.1) is 18.8 Å². The van der Waals surface area contributed by atoms with Crippen LogP contribution in [0.1, 0.15) is 62.8 Å². The Kier molecular flexibility index (Phi) is 7.39. The van der Waals surface area contributed by atoms with Crippen LogP contribution < -0.4 is 4.74 Å². The van der Waals surface area contributed by atoms with Gasteiger partial charge in [-0.15, -0.1) is 0 Å². The summed E-state index contributed by atoms with van der Waals surface area (Å²) in [6.45, 7) is 6.36. The van der Waals surface area contributed by atoms with Crippen molar-refractivity contribution in [3.8, 4) is 5.75 Å². The third kappa shape index (κ3) is 5.50. The number of benzene rings is 2. The third-order valence-electron chi connectivity index (χ3n) is 5.45. The second-order valence-corrected chi connectivity index (χ2v) is 8.42. The summed E-state index contributed by atoms with van der Waals surface area (Å²) in [5.41, 5.74) is 3.51. The first-order valence-corrected chi connectivity index (χ1v) is 10.7. The molecule has 152 valence electrons. The topological polar surface area (TPSA) is 38.7 Å². The van der Waals surface area contributed by atoms with Crippen LogP contribution in [0.25, 0.3) is 0 Å². The monoisotopic (exact) mass is 402 g/mol. The molecule has 0 bridgehead atoms. The lowest BCUT2D eigenvalue weighted by atomic mass is 9.88. The molecular weight excluding hydrogens is 372 g/mol. The highest BCUT2D eigenvalue weighted by atomic mass is 35.5. The third-order valence-corrected chi connectivity index (χ3v) is 5.82. The second kappa shape index (κ2) is 9.78. The molecule has 0 saturated carbocycles. The lowest BCUT2D eigenvalue weighted by Gasteiger charge is -2.34. The average molecular weight is 403 g/mol. The van der Waals surface area contributed by atoms with Gasteiger partial charge in [-0.25, -0.2) is 0 Å². The average Bonchev–Trinajstić information content (AvgIpc) is 2.70. The Hall–Kier alpha value is -1.55. The Bertz CT molecular complexity index is 759. The molecule has 4 unspecified atom stereocenters. The Morgan fingerprint density at radius 2 is 1.93 bits per heavy atom. The van der Waals surface area contributed by atoms with E-state index in [1.165, 1.54) is 11.1 Å². The molecule has 1 N–H and O–H groups in total. The van der Waals surface area contributed by atoms with E-state index in [2.05, 4.69) is 38.1 Å². The van der Waals surface area contributed by atoms with Crippen LogP contribution >= 0.6 is 11.6 Å². The Balaban J connectivity index is 1.73. The number of hydrogen-bond acceptors (Lipinski definition) is 3. The molecule has 0 radical (unpaired) electrons. The van der Waals surface area contributed by atoms with E-state index in [0.717, 1.165) is 42.0 Å². The number of ether oxygens (including phenoxy) is 2. The standard InChI is InChI=1S/C24H31ClO3/c1-4-21-11-16(2)12-24(28-21)19-7-10-23(25)20(14-19)13-18-5-8-22(9-6-18)27-17(3)15-26/h5-10,14,16-17,21,24,26H,4,11-13,15H2,1-3H3. The van der Waals surface area contributed by atoms with E-state index in [0.29, 0.717) is 12.0 Å². The normalized spacial score (nSPS) is 23.4. The van der Waals surface area contributed by atoms with Gasteiger partial charge >= 0.3 is 0 Å². The van der Waals surface area contributed by atoms with E-state index in [1.807, 2.05) is 25.1 Å². The van der Waals surface area contributed by atoms with Crippen molar-refractivity contribution >= 4 is 11.6 Å². The quantitative estimate of drug-likeness (QED) is 0.621. The van der Waals surface area contributed by atoms with Gasteiger partial charge in [0.2, 0.25) is 0 Å². The lowest BCUT2D eigenvalue weighted by molar-refractivity contribution is -0.0709. The fourth-order valence-electron chi connectivity index (χ4n) is 3.84. The van der Waals surface area contributed by atoms with Crippen molar-refractivity contribution in [2.24, 2.45) is 5.92 Å². The van der Waals surface area contributed by atoms with E-state index in [1.54, 1.807) is 0 Å². The molecule has 1 aliphatic rings. The highest BCUT2D eigenvalue weighted by Crippen LogP contribution is 2.37. The summed E-state index contributed by atoms with van der Waals surface area (Å²) in [4.78, 5) is 0. The van der Waals surface area contributed by atoms with Gasteiger partial charge in [0, 0.05) is 5.02 Å². The van der Waals surface area contributed by atoms with Crippen LogP contribution in [-0.2, 0) is 11.2 Å². The fourth-order valence-corrected chi connectivity index (χ4v) is 4.02. The zero-order valence-corrected chi connectivity index (χ0v) is 17.8. The number of aliphatic hydroxyl groups excluding tert-OH is 1. The first-order chi connectivity index (χ1) is 13.5. The van der Waals surface area contributed by atoms with E-state index < -0.39 is 0 Å². The predicted octanol–water partition coefficient (Wildman–Crippen LogP) is 5.96. The molecule has 3 nitrogen and oxygen atoms in total. The molecule has 1 heterocycles. The van der Waals surface area contributed by atoms with Crippen molar-refractivity contribution in [2.45, 2.75) is 64.8 Å². The van der Waals surface area contributed by atoms with Crippen LogP contribution in [0.15, 0.2) is 42.5 Å². The van der Waals surface area contributed by atoms with E-state index in [-0.39, 0.29) is 18.8 Å². The predicted molar refractivity (Wildman–Crippen MR) is 114 cm³/mol. The summed E-state index contributed by atoms with van der Waals surface area (Å²) in [5.74, 6) is 1.44. The first kappa shape index (κ1) is 21.2. The fraction of sp³-hybridized carbons (Fsp3) is 0.500. The van der Waals surface area contributed by atoms with E-state index >= 15 is 0 Å². The molecule has 0 amide bonds. The molecule has 4 heteroatoms. The smallest absolute Gasteiger partial charge is 0.119 e. The van der Waals surface area contributed by atoms with Crippen LogP contribution in [0, 0.1) is 5.92 Å². The summed E-state index contributed by atoms with van der Waals surface area (Å²) in [5, 5.41) is 9.89. The molecule has 3 rings (SSSR count). The van der Waals surface area contributed by atoms with Crippen molar-refractivity contribution in [2.75, 3.05) is 6.61 Å². The summed E-state index contributed by atoms with van der Waals surface area (Å²) >= 11 is 6.50. The van der Waals surface area contributed by atoms with Crippen LogP contribution in [0.3, 0.4) is 0 Å². The minimum atomic E-state index is -0.207. The van der Waals surface area contributed by atoms with Crippen molar-refractivity contribution < 1.29 is 14.6 Å². The van der Waals surface area contributed by atoms with Gasteiger partial charge in [-0.05, 0) is 73.4 Å². The van der Waals surface area contributed by atoms with Gasteiger partial charge in [-0.2, -0.15) is 0 Å². The zero-order chi connectivity index (χ0) is 20.1. The van der Waals surface area contributed by atoms with Gasteiger partial charge in [0.1, 0.15) is 11.9 Å². The van der Waals surface area contributed by atoms with E-state index in [9.17, 15) is 0 Å². The van der Waals surface area contributed by atoms with Crippen molar-refractivity contribution in [3.05, 3.63) is 64.2 Å². The first-order valence-electron chi connectivity index (χ1n) is 10.3. The number of hydrogen-bond donors (Lipinski definition) is 1. The van der Waals surface area contributed by atoms with Crippen molar-refractivity contribution in [1.82, 2.24) is 0 Å². The Labute approximate surface area is 173 Å². The van der Waals surface area contributed by atoms with Crippen LogP contribution in [0.5, 0.6) is 5.75 Å². The maximum atomic E-state index is 9.11. The molecule has 4 atom stereocenters. The molecule has 0 aromatic heterocycles. The van der Waals surface area contributed by atoms with Crippen molar-refractivity contribution in [3.63, 3.8) is 0 Å². The molecule has 28 heavy (non-hydrogen) atoms. The Morgan fingerprint density at radius 3 is 2.61 bits per heavy atom. The minimum Gasteiger partial charge on any atom is -0.488 e. The molecule has 2 aromatic carbocycles. The molecule has 1 aliphatic heterocycles. The van der Waals surface area contributed by atoms with Crippen LogP contribution in [-0.4, -0.2) is 23.9 Å². The highest BCUT2D eigenvalue weighted by molar-refractivity contribution is 6.31. The SMILES string of the molecule is CCC1CC(C)CC(c2ccc(Cl)c(Cc3ccc(OC(C)CO)cc3)c2)O1. The summed E-state index contributed by atoms with van der Waals surface area (Å²) in [6, 6.07) is 14.3. The molecule has 0 spiro atoms. The molecule has 0 aliphatic carbocycles.